The molecule has 1 aliphatic rings. The number of aryl methyl sites for hydroxylation is 1. The van der Waals surface area contributed by atoms with Gasteiger partial charge in [0, 0.05) is 95.2 Å². The lowest BCUT2D eigenvalue weighted by Gasteiger charge is -2.38. The minimum atomic E-state index is -0.983. The number of allylic oxidation sites excluding steroid dienone is 1. The van der Waals surface area contributed by atoms with Gasteiger partial charge in [-0.1, -0.05) is 85.7 Å². The van der Waals surface area contributed by atoms with Gasteiger partial charge in [0.25, 0.3) is 0 Å². The number of nitrogens with zero attached hydrogens (tertiary/aromatic N) is 5. The number of aliphatic carboxylic acids is 1. The van der Waals surface area contributed by atoms with Gasteiger partial charge in [-0.05, 0) is 71.0 Å². The fourth-order valence-electron chi connectivity index (χ4n) is 8.18. The van der Waals surface area contributed by atoms with E-state index in [0.29, 0.717) is 110 Å². The van der Waals surface area contributed by atoms with E-state index in [0.717, 1.165) is 43.5 Å². The highest BCUT2D eigenvalue weighted by atomic mass is 16.6. The molecule has 0 spiro atoms. The zero-order valence-electron chi connectivity index (χ0n) is 44.6. The summed E-state index contributed by atoms with van der Waals surface area (Å²) in [6.07, 6.45) is 4.38. The topological polar surface area (TPSA) is 171 Å². The van der Waals surface area contributed by atoms with E-state index >= 15 is 0 Å². The molecule has 0 unspecified atom stereocenters. The molecular weight excluding hydrogens is 881 g/mol. The smallest absolute Gasteiger partial charge is 0.325 e. The third-order valence-electron chi connectivity index (χ3n) is 11.8. The maximum Gasteiger partial charge on any atom is 0.325 e. The second-order valence-electron chi connectivity index (χ2n) is 21.3. The largest absolute Gasteiger partial charge is 0.480 e. The molecule has 0 saturated carbocycles. The lowest BCUT2D eigenvalue weighted by atomic mass is 9.92. The number of carboxylic acid groups (broad SMARTS) is 1. The first kappa shape index (κ1) is 61.2. The van der Waals surface area contributed by atoms with Gasteiger partial charge in [0.2, 0.25) is 5.91 Å². The highest BCUT2D eigenvalue weighted by molar-refractivity contribution is 5.76. The Labute approximate surface area is 415 Å². The zero-order valence-corrected chi connectivity index (χ0v) is 44.6. The van der Waals surface area contributed by atoms with Gasteiger partial charge in [-0.15, -0.1) is 0 Å². The van der Waals surface area contributed by atoms with Crippen molar-refractivity contribution in [2.75, 3.05) is 118 Å². The monoisotopic (exact) mass is 973 g/mol. The molecule has 1 aromatic rings. The van der Waals surface area contributed by atoms with Crippen LogP contribution in [0, 0.1) is 10.8 Å². The van der Waals surface area contributed by atoms with E-state index in [2.05, 4.69) is 58.6 Å². The summed E-state index contributed by atoms with van der Waals surface area (Å²) in [6.45, 7) is 32.7. The van der Waals surface area contributed by atoms with Crippen molar-refractivity contribution in [3.05, 3.63) is 47.7 Å². The van der Waals surface area contributed by atoms with E-state index in [1.165, 1.54) is 0 Å². The Morgan fingerprint density at radius 1 is 0.739 bits per heavy atom. The first-order valence-electron chi connectivity index (χ1n) is 25.5. The van der Waals surface area contributed by atoms with Gasteiger partial charge in [0.15, 0.2) is 0 Å². The van der Waals surface area contributed by atoms with Crippen LogP contribution in [-0.4, -0.2) is 189 Å². The highest BCUT2D eigenvalue weighted by Gasteiger charge is 2.30. The van der Waals surface area contributed by atoms with E-state index in [4.69, 9.17) is 18.9 Å². The van der Waals surface area contributed by atoms with Gasteiger partial charge < -0.3 is 34.3 Å². The number of hydrogen-bond donors (Lipinski definition) is 2. The molecule has 16 nitrogen and oxygen atoms in total. The molecular formula is C53H92N6O10. The molecule has 0 aliphatic carbocycles. The van der Waals surface area contributed by atoms with Gasteiger partial charge in [-0.3, -0.25) is 43.6 Å². The number of ether oxygens (including phenoxy) is 4. The van der Waals surface area contributed by atoms with Crippen LogP contribution in [0.25, 0.3) is 0 Å². The van der Waals surface area contributed by atoms with Crippen LogP contribution in [0.15, 0.2) is 36.6 Å². The van der Waals surface area contributed by atoms with Gasteiger partial charge in [0.1, 0.15) is 11.4 Å². The van der Waals surface area contributed by atoms with E-state index < -0.39 is 23.5 Å². The van der Waals surface area contributed by atoms with Crippen LogP contribution < -0.4 is 5.32 Å². The van der Waals surface area contributed by atoms with Crippen LogP contribution in [-0.2, 0) is 55.8 Å². The minimum Gasteiger partial charge on any atom is -0.480 e. The highest BCUT2D eigenvalue weighted by Crippen LogP contribution is 2.22. The van der Waals surface area contributed by atoms with Gasteiger partial charge >= 0.3 is 23.9 Å². The third-order valence-corrected chi connectivity index (χ3v) is 11.8. The van der Waals surface area contributed by atoms with Gasteiger partial charge in [-0.2, -0.15) is 0 Å². The Bertz CT molecular complexity index is 1710. The molecule has 1 saturated heterocycles. The number of carboxylic acids is 1. The SMILES string of the molecule is C=C(CCC)OC(=O)CN1CCN(CC(=O)O)CCN(CC(=O)OCCCC)[C@@H](Cc2ccc(CCC(=O)N(CC)CC(C)(C)COCC(C)(C)CNCC)cc2)CN(CC(=O)OC(C)(C)C)CC1. The number of hydrogen-bond acceptors (Lipinski definition) is 14. The summed E-state index contributed by atoms with van der Waals surface area (Å²) in [7, 11) is 0. The van der Waals surface area contributed by atoms with Crippen LogP contribution in [0.4, 0.5) is 0 Å². The van der Waals surface area contributed by atoms with Crippen molar-refractivity contribution in [1.29, 1.82) is 0 Å². The van der Waals surface area contributed by atoms with Crippen molar-refractivity contribution >= 4 is 29.8 Å². The molecule has 394 valence electrons. The number of carbonyl (C=O) groups excluding carboxylic acids is 4. The van der Waals surface area contributed by atoms with Crippen molar-refractivity contribution in [1.82, 2.24) is 29.8 Å². The fraction of sp³-hybridized carbons (Fsp3) is 0.755. The number of unbranched alkanes of at least 4 members (excludes halogenated alkanes) is 1. The zero-order chi connectivity index (χ0) is 51.6. The standard InChI is InChI=1S/C53H92N6O10/c1-13-17-31-67-48(63)37-59-30-29-55(34-47(61)62)25-26-56(35-49(64)68-42(5)18-14-2)27-28-57(36-50(65)69-51(6,7)8)33-45(59)32-44-21-19-43(20-22-44)23-24-46(60)58(16-4)39-53(11,12)41-66-40-52(9,10)38-54-15-3/h19-22,45,54H,5,13-18,23-41H2,1-4,6-12H3,(H,61,62)/t45-/m0/s1. The van der Waals surface area contributed by atoms with Crippen LogP contribution in [0.1, 0.15) is 119 Å². The lowest BCUT2D eigenvalue weighted by Crippen LogP contribution is -2.54. The summed E-state index contributed by atoms with van der Waals surface area (Å²) in [5.74, 6) is -1.72. The number of nitrogens with one attached hydrogen (secondary N) is 1. The van der Waals surface area contributed by atoms with E-state index in [-0.39, 0.29) is 54.9 Å². The lowest BCUT2D eigenvalue weighted by molar-refractivity contribution is -0.157. The number of amides is 1. The summed E-state index contributed by atoms with van der Waals surface area (Å²) in [5, 5.41) is 13.3. The van der Waals surface area contributed by atoms with Crippen molar-refractivity contribution in [2.24, 2.45) is 10.8 Å². The van der Waals surface area contributed by atoms with Crippen molar-refractivity contribution in [3.8, 4) is 0 Å². The molecule has 1 amide bonds. The van der Waals surface area contributed by atoms with Crippen LogP contribution in [0.3, 0.4) is 0 Å². The summed E-state index contributed by atoms with van der Waals surface area (Å²) in [6, 6.07) is 7.87. The second-order valence-corrected chi connectivity index (χ2v) is 21.3. The molecule has 1 atom stereocenters. The Morgan fingerprint density at radius 2 is 1.33 bits per heavy atom. The predicted molar refractivity (Wildman–Crippen MR) is 272 cm³/mol. The molecule has 0 bridgehead atoms. The van der Waals surface area contributed by atoms with Crippen LogP contribution in [0.2, 0.25) is 0 Å². The molecule has 16 heteroatoms. The number of esters is 3. The third kappa shape index (κ3) is 27.3. The van der Waals surface area contributed by atoms with Crippen LogP contribution in [0.5, 0.6) is 0 Å². The van der Waals surface area contributed by atoms with Crippen molar-refractivity contribution in [3.63, 3.8) is 0 Å². The van der Waals surface area contributed by atoms with E-state index in [1.807, 2.05) is 78.2 Å². The summed E-state index contributed by atoms with van der Waals surface area (Å²) in [5.41, 5.74) is 1.10. The van der Waals surface area contributed by atoms with E-state index in [1.54, 1.807) is 0 Å². The Morgan fingerprint density at radius 3 is 1.93 bits per heavy atom. The molecule has 2 N–H and O–H groups in total. The van der Waals surface area contributed by atoms with Gasteiger partial charge in [-0.25, -0.2) is 0 Å². The second kappa shape index (κ2) is 31.4. The maximum atomic E-state index is 13.6. The van der Waals surface area contributed by atoms with E-state index in [9.17, 15) is 29.1 Å². The predicted octanol–water partition coefficient (Wildman–Crippen LogP) is 5.91. The first-order valence-corrected chi connectivity index (χ1v) is 25.5. The average Bonchev–Trinajstić information content (AvgIpc) is 3.25. The van der Waals surface area contributed by atoms with Crippen molar-refractivity contribution in [2.45, 2.75) is 133 Å². The summed E-state index contributed by atoms with van der Waals surface area (Å²) in [4.78, 5) is 75.6. The summed E-state index contributed by atoms with van der Waals surface area (Å²) < 4.78 is 23.2. The Hall–Kier alpha value is -3.93. The Balaban J connectivity index is 2.42. The van der Waals surface area contributed by atoms with Crippen molar-refractivity contribution < 1.29 is 48.0 Å². The summed E-state index contributed by atoms with van der Waals surface area (Å²) >= 11 is 0. The maximum absolute atomic E-state index is 13.6. The molecule has 1 aliphatic heterocycles. The van der Waals surface area contributed by atoms with Crippen LogP contribution >= 0.6 is 0 Å². The average molecular weight is 973 g/mol. The van der Waals surface area contributed by atoms with Gasteiger partial charge in [0.05, 0.1) is 46.0 Å². The fourth-order valence-corrected chi connectivity index (χ4v) is 8.18. The number of carbonyl (C=O) groups is 5. The normalized spacial score (nSPS) is 16.5. The molecule has 69 heavy (non-hydrogen) atoms. The number of rotatable bonds is 29. The quantitative estimate of drug-likeness (QED) is 0.0421. The molecule has 1 aromatic carbocycles. The molecule has 0 radical (unpaired) electrons. The first-order chi connectivity index (χ1) is 32.5. The molecule has 2 rings (SSSR count). The molecule has 1 fully saturated rings. The molecule has 1 heterocycles. The minimum absolute atomic E-state index is 0.00987. The Kier molecular flexibility index (Phi) is 27.9. The number of benzene rings is 1. The molecule has 0 aromatic heterocycles.